The van der Waals surface area contributed by atoms with Crippen molar-refractivity contribution in [1.82, 2.24) is 4.98 Å². The van der Waals surface area contributed by atoms with E-state index in [0.29, 0.717) is 23.6 Å². The van der Waals surface area contributed by atoms with E-state index in [4.69, 9.17) is 26.2 Å². The monoisotopic (exact) mass is 415 g/mol. The van der Waals surface area contributed by atoms with E-state index in [1.54, 1.807) is 49.4 Å². The minimum Gasteiger partial charge on any atom is -0.487 e. The van der Waals surface area contributed by atoms with Crippen LogP contribution in [0.4, 0.5) is 4.39 Å². The fourth-order valence-electron chi connectivity index (χ4n) is 2.69. The zero-order valence-corrected chi connectivity index (χ0v) is 16.4. The zero-order chi connectivity index (χ0) is 20.9. The summed E-state index contributed by atoms with van der Waals surface area (Å²) < 4.78 is 25.0. The minimum atomic E-state index is -1.11. The van der Waals surface area contributed by atoms with Crippen molar-refractivity contribution in [3.63, 3.8) is 0 Å². The molecule has 5 nitrogen and oxygen atoms in total. The molecule has 7 heteroatoms. The number of aliphatic carboxylic acids is 1. The molecule has 3 rings (SSSR count). The third-order valence-corrected chi connectivity index (χ3v) is 4.85. The summed E-state index contributed by atoms with van der Waals surface area (Å²) in [6.07, 6.45) is 7.97. The van der Waals surface area contributed by atoms with Gasteiger partial charge in [-0.25, -0.2) is 14.2 Å². The quantitative estimate of drug-likeness (QED) is 0.507. The fourth-order valence-corrected chi connectivity index (χ4v) is 2.90. The molecule has 29 heavy (non-hydrogen) atoms. The van der Waals surface area contributed by atoms with Crippen molar-refractivity contribution in [2.24, 2.45) is 0 Å². The number of ether oxygens (including phenoxy) is 2. The van der Waals surface area contributed by atoms with Crippen LogP contribution in [0.25, 0.3) is 0 Å². The summed E-state index contributed by atoms with van der Waals surface area (Å²) >= 11 is 6.60. The maximum absolute atomic E-state index is 13.6. The van der Waals surface area contributed by atoms with Crippen molar-refractivity contribution in [1.29, 1.82) is 0 Å². The number of aromatic nitrogens is 1. The molecule has 1 aliphatic rings. The molecule has 1 N–H and O–H groups in total. The predicted molar refractivity (Wildman–Crippen MR) is 107 cm³/mol. The van der Waals surface area contributed by atoms with Crippen molar-refractivity contribution in [3.05, 3.63) is 89.4 Å². The second-order valence-corrected chi connectivity index (χ2v) is 7.06. The van der Waals surface area contributed by atoms with E-state index in [9.17, 15) is 9.18 Å². The molecule has 0 aliphatic heterocycles. The Hall–Kier alpha value is -3.12. The number of hydrogen-bond donors (Lipinski definition) is 1. The number of alkyl halides is 1. The highest BCUT2D eigenvalue weighted by Crippen LogP contribution is 2.36. The molecular weight excluding hydrogens is 397 g/mol. The van der Waals surface area contributed by atoms with Crippen LogP contribution >= 0.6 is 11.6 Å². The molecule has 0 saturated carbocycles. The Morgan fingerprint density at radius 1 is 1.34 bits per heavy atom. The van der Waals surface area contributed by atoms with Gasteiger partial charge in [0, 0.05) is 24.1 Å². The van der Waals surface area contributed by atoms with E-state index in [2.05, 4.69) is 4.98 Å². The van der Waals surface area contributed by atoms with Gasteiger partial charge in [0.05, 0.1) is 6.20 Å². The van der Waals surface area contributed by atoms with Gasteiger partial charge in [-0.15, -0.1) is 0 Å². The average molecular weight is 416 g/mol. The van der Waals surface area contributed by atoms with Crippen LogP contribution in [0.3, 0.4) is 0 Å². The van der Waals surface area contributed by atoms with Crippen LogP contribution in [0.1, 0.15) is 18.9 Å². The highest BCUT2D eigenvalue weighted by atomic mass is 35.5. The molecule has 1 atom stereocenters. The highest BCUT2D eigenvalue weighted by Gasteiger charge is 2.33. The number of carboxylic acid groups (broad SMARTS) is 1. The van der Waals surface area contributed by atoms with Crippen LogP contribution in [-0.2, 0) is 11.4 Å². The maximum atomic E-state index is 13.6. The van der Waals surface area contributed by atoms with E-state index in [1.165, 1.54) is 18.3 Å². The number of pyridine rings is 1. The topological polar surface area (TPSA) is 68.7 Å². The van der Waals surface area contributed by atoms with E-state index in [1.807, 2.05) is 0 Å². The molecule has 0 bridgehead atoms. The number of carbonyl (C=O) groups is 1. The predicted octanol–water partition coefficient (Wildman–Crippen LogP) is 5.03. The standard InChI is InChI=1S/C22H19ClFNO4/c1-15-12-16(6-9-21(26)27)10-11-22(15,23)29-20-8-7-18(13-25-20)28-14-17-4-2-3-5-19(17)24/h2-10,12-13H,11,14H2,1H3,(H,26,27). The zero-order valence-electron chi connectivity index (χ0n) is 15.6. The second kappa shape index (κ2) is 8.92. The first-order chi connectivity index (χ1) is 13.9. The van der Waals surface area contributed by atoms with Crippen LogP contribution in [-0.4, -0.2) is 21.1 Å². The second-order valence-electron chi connectivity index (χ2n) is 6.45. The van der Waals surface area contributed by atoms with Crippen LogP contribution in [0, 0.1) is 5.82 Å². The number of allylic oxidation sites excluding steroid dienone is 3. The van der Waals surface area contributed by atoms with Gasteiger partial charge in [0.2, 0.25) is 10.9 Å². The van der Waals surface area contributed by atoms with Crippen LogP contribution < -0.4 is 9.47 Å². The maximum Gasteiger partial charge on any atom is 0.328 e. The summed E-state index contributed by atoms with van der Waals surface area (Å²) in [7, 11) is 0. The number of rotatable bonds is 7. The summed E-state index contributed by atoms with van der Waals surface area (Å²) in [4.78, 5) is 14.8. The average Bonchev–Trinajstić information content (AvgIpc) is 2.69. The molecular formula is C22H19ClFNO4. The van der Waals surface area contributed by atoms with E-state index in [0.717, 1.165) is 17.2 Å². The Labute approximate surface area is 172 Å². The smallest absolute Gasteiger partial charge is 0.328 e. The number of nitrogens with zero attached hydrogens (tertiary/aromatic N) is 1. The summed E-state index contributed by atoms with van der Waals surface area (Å²) in [5.41, 5.74) is 1.93. The molecule has 1 aromatic carbocycles. The van der Waals surface area contributed by atoms with Gasteiger partial charge in [-0.3, -0.25) is 0 Å². The molecule has 0 radical (unpaired) electrons. The lowest BCUT2D eigenvalue weighted by Gasteiger charge is -2.30. The minimum absolute atomic E-state index is 0.0906. The van der Waals surface area contributed by atoms with E-state index >= 15 is 0 Å². The molecule has 1 aliphatic carbocycles. The fraction of sp³-hybridized carbons (Fsp3) is 0.182. The number of benzene rings is 1. The van der Waals surface area contributed by atoms with Crippen molar-refractivity contribution in [2.75, 3.05) is 0 Å². The van der Waals surface area contributed by atoms with Gasteiger partial charge in [-0.1, -0.05) is 42.0 Å². The van der Waals surface area contributed by atoms with Gasteiger partial charge in [-0.05, 0) is 36.3 Å². The van der Waals surface area contributed by atoms with Crippen LogP contribution in [0.15, 0.2) is 78.0 Å². The molecule has 0 amide bonds. The first kappa shape index (κ1) is 20.6. The third kappa shape index (κ3) is 5.45. The van der Waals surface area contributed by atoms with Gasteiger partial charge in [0.15, 0.2) is 0 Å². The molecule has 2 aromatic rings. The Kier molecular flexibility index (Phi) is 6.34. The molecule has 150 valence electrons. The first-order valence-corrected chi connectivity index (χ1v) is 9.24. The Balaban J connectivity index is 1.61. The van der Waals surface area contributed by atoms with Crippen molar-refractivity contribution in [3.8, 4) is 11.6 Å². The molecule has 0 spiro atoms. The largest absolute Gasteiger partial charge is 0.487 e. The summed E-state index contributed by atoms with van der Waals surface area (Å²) in [6, 6.07) is 9.69. The molecule has 1 unspecified atom stereocenters. The summed E-state index contributed by atoms with van der Waals surface area (Å²) in [5.74, 6) is -0.558. The first-order valence-electron chi connectivity index (χ1n) is 8.86. The summed E-state index contributed by atoms with van der Waals surface area (Å²) in [5, 5.41) is 7.62. The normalized spacial score (nSPS) is 18.9. The van der Waals surface area contributed by atoms with Gasteiger partial charge in [-0.2, -0.15) is 0 Å². The highest BCUT2D eigenvalue weighted by molar-refractivity contribution is 6.25. The van der Waals surface area contributed by atoms with Crippen molar-refractivity contribution >= 4 is 17.6 Å². The molecule has 0 saturated heterocycles. The van der Waals surface area contributed by atoms with Gasteiger partial charge in [0.1, 0.15) is 18.2 Å². The van der Waals surface area contributed by atoms with Gasteiger partial charge in [0.25, 0.3) is 0 Å². The Morgan fingerprint density at radius 2 is 2.14 bits per heavy atom. The van der Waals surface area contributed by atoms with E-state index in [-0.39, 0.29) is 12.4 Å². The van der Waals surface area contributed by atoms with E-state index < -0.39 is 11.0 Å². The molecule has 1 aromatic heterocycles. The van der Waals surface area contributed by atoms with Gasteiger partial charge >= 0.3 is 5.97 Å². The van der Waals surface area contributed by atoms with Crippen molar-refractivity contribution < 1.29 is 23.8 Å². The Morgan fingerprint density at radius 3 is 2.79 bits per heavy atom. The third-order valence-electron chi connectivity index (χ3n) is 4.32. The van der Waals surface area contributed by atoms with Gasteiger partial charge < -0.3 is 14.6 Å². The number of halogens is 2. The van der Waals surface area contributed by atoms with Crippen LogP contribution in [0.2, 0.25) is 0 Å². The number of carboxylic acids is 1. The molecule has 0 fully saturated rings. The molecule has 1 heterocycles. The lowest BCUT2D eigenvalue weighted by Crippen LogP contribution is -2.32. The SMILES string of the molecule is CC1=CC(C=CC(=O)O)=CCC1(Cl)Oc1ccc(OCc2ccccc2F)cn1. The van der Waals surface area contributed by atoms with Crippen LogP contribution in [0.5, 0.6) is 11.6 Å². The lowest BCUT2D eigenvalue weighted by atomic mass is 9.97. The number of hydrogen-bond acceptors (Lipinski definition) is 4. The lowest BCUT2D eigenvalue weighted by molar-refractivity contribution is -0.131. The van der Waals surface area contributed by atoms with Crippen molar-refractivity contribution in [2.45, 2.75) is 25.0 Å². The summed E-state index contributed by atoms with van der Waals surface area (Å²) in [6.45, 7) is 1.90. The Bertz CT molecular complexity index is 985.